The van der Waals surface area contributed by atoms with Gasteiger partial charge in [-0.25, -0.2) is 0 Å². The van der Waals surface area contributed by atoms with Crippen LogP contribution in [0.25, 0.3) is 0 Å². The van der Waals surface area contributed by atoms with Crippen LogP contribution in [0, 0.1) is 5.92 Å². The van der Waals surface area contributed by atoms with Gasteiger partial charge in [-0.3, -0.25) is 4.79 Å². The Morgan fingerprint density at radius 3 is 2.56 bits per heavy atom. The van der Waals surface area contributed by atoms with E-state index in [1.807, 2.05) is 0 Å². The molecule has 0 spiro atoms. The molecule has 3 N–H and O–H groups in total. The van der Waals surface area contributed by atoms with Crippen molar-refractivity contribution in [2.45, 2.75) is 57.6 Å². The summed E-state index contributed by atoms with van der Waals surface area (Å²) in [5.74, 6) is -0.259. The van der Waals surface area contributed by atoms with Gasteiger partial charge < -0.3 is 15.5 Å². The Morgan fingerprint density at radius 2 is 2.00 bits per heavy atom. The number of nitrogens with one attached hydrogen (secondary N) is 1. The average Bonchev–Trinajstić information content (AvgIpc) is 2.26. The van der Waals surface area contributed by atoms with E-state index >= 15 is 0 Å². The van der Waals surface area contributed by atoms with Crippen LogP contribution in [0.1, 0.15) is 45.4 Å². The van der Waals surface area contributed by atoms with Crippen LogP contribution in [-0.4, -0.2) is 34.9 Å². The Labute approximate surface area is 97.0 Å². The summed E-state index contributed by atoms with van der Waals surface area (Å²) in [6.07, 6.45) is 5.49. The first kappa shape index (κ1) is 13.5. The molecule has 0 aliphatic heterocycles. The van der Waals surface area contributed by atoms with Crippen molar-refractivity contribution in [3.63, 3.8) is 0 Å². The number of rotatable bonds is 6. The van der Waals surface area contributed by atoms with Crippen molar-refractivity contribution in [2.24, 2.45) is 5.92 Å². The molecule has 4 heteroatoms. The summed E-state index contributed by atoms with van der Waals surface area (Å²) in [4.78, 5) is 10.4. The third-order valence-electron chi connectivity index (χ3n) is 3.44. The third-order valence-corrected chi connectivity index (χ3v) is 3.44. The lowest BCUT2D eigenvalue weighted by atomic mass is 9.84. The lowest BCUT2D eigenvalue weighted by Crippen LogP contribution is -2.39. The molecule has 0 aromatic heterocycles. The maximum absolute atomic E-state index is 10.4. The van der Waals surface area contributed by atoms with Crippen molar-refractivity contribution in [1.82, 2.24) is 5.32 Å². The number of aliphatic hydroxyl groups is 1. The highest BCUT2D eigenvalue weighted by atomic mass is 16.4. The molecule has 0 radical (unpaired) electrons. The maximum Gasteiger partial charge on any atom is 0.306 e. The van der Waals surface area contributed by atoms with E-state index in [1.54, 1.807) is 0 Å². The molecule has 1 saturated carbocycles. The maximum atomic E-state index is 10.4. The zero-order valence-corrected chi connectivity index (χ0v) is 9.98. The number of aliphatic carboxylic acids is 1. The van der Waals surface area contributed by atoms with Crippen molar-refractivity contribution in [1.29, 1.82) is 0 Å². The molecular weight excluding hydrogens is 206 g/mol. The monoisotopic (exact) mass is 229 g/mol. The van der Waals surface area contributed by atoms with Gasteiger partial charge >= 0.3 is 5.97 Å². The van der Waals surface area contributed by atoms with Gasteiger partial charge in [-0.1, -0.05) is 19.3 Å². The van der Waals surface area contributed by atoms with Gasteiger partial charge in [0.25, 0.3) is 0 Å². The van der Waals surface area contributed by atoms with Crippen LogP contribution in [0.5, 0.6) is 0 Å². The number of carbonyl (C=O) groups is 1. The van der Waals surface area contributed by atoms with E-state index in [-0.39, 0.29) is 6.42 Å². The summed E-state index contributed by atoms with van der Waals surface area (Å²) in [6, 6.07) is 0.378. The molecule has 0 aromatic carbocycles. The van der Waals surface area contributed by atoms with Crippen molar-refractivity contribution in [2.75, 3.05) is 6.54 Å². The molecule has 4 nitrogen and oxygen atoms in total. The zero-order valence-electron chi connectivity index (χ0n) is 9.98. The smallest absolute Gasteiger partial charge is 0.306 e. The molecule has 0 saturated heterocycles. The summed E-state index contributed by atoms with van der Waals surface area (Å²) in [5.41, 5.74) is 0. The summed E-state index contributed by atoms with van der Waals surface area (Å²) >= 11 is 0. The molecule has 0 aromatic rings. The Balaban J connectivity index is 2.17. The fourth-order valence-electron chi connectivity index (χ4n) is 2.40. The van der Waals surface area contributed by atoms with E-state index in [2.05, 4.69) is 12.2 Å². The minimum Gasteiger partial charge on any atom is -0.481 e. The second kappa shape index (κ2) is 6.86. The normalized spacial score (nSPS) is 21.6. The first-order valence-electron chi connectivity index (χ1n) is 6.23. The highest BCUT2D eigenvalue weighted by molar-refractivity contribution is 5.67. The molecule has 1 fully saturated rings. The highest BCUT2D eigenvalue weighted by Gasteiger charge is 2.20. The fraction of sp³-hybridized carbons (Fsp3) is 0.917. The van der Waals surface area contributed by atoms with Crippen molar-refractivity contribution in [3.8, 4) is 0 Å². The largest absolute Gasteiger partial charge is 0.481 e. The predicted molar refractivity (Wildman–Crippen MR) is 62.3 cm³/mol. The fourth-order valence-corrected chi connectivity index (χ4v) is 2.40. The van der Waals surface area contributed by atoms with Crippen LogP contribution >= 0.6 is 0 Å². The summed E-state index contributed by atoms with van der Waals surface area (Å²) in [6.45, 7) is 2.51. The van der Waals surface area contributed by atoms with Crippen LogP contribution in [0.15, 0.2) is 0 Å². The van der Waals surface area contributed by atoms with E-state index in [9.17, 15) is 9.90 Å². The second-order valence-corrected chi connectivity index (χ2v) is 4.85. The quantitative estimate of drug-likeness (QED) is 0.643. The molecule has 94 valence electrons. The third kappa shape index (κ3) is 4.94. The molecule has 0 bridgehead atoms. The van der Waals surface area contributed by atoms with Gasteiger partial charge in [0.1, 0.15) is 0 Å². The first-order chi connectivity index (χ1) is 7.59. The Morgan fingerprint density at radius 1 is 1.38 bits per heavy atom. The van der Waals surface area contributed by atoms with Gasteiger partial charge in [-0.05, 0) is 25.7 Å². The molecule has 0 amide bonds. The first-order valence-corrected chi connectivity index (χ1v) is 6.23. The van der Waals surface area contributed by atoms with Crippen LogP contribution in [0.2, 0.25) is 0 Å². The van der Waals surface area contributed by atoms with E-state index in [4.69, 9.17) is 5.11 Å². The summed E-state index contributed by atoms with van der Waals surface area (Å²) in [5, 5.41) is 21.2. The van der Waals surface area contributed by atoms with E-state index in [0.29, 0.717) is 18.5 Å². The molecule has 1 aliphatic carbocycles. The molecule has 0 heterocycles. The number of carboxylic acid groups (broad SMARTS) is 1. The number of hydrogen-bond acceptors (Lipinski definition) is 3. The standard InChI is InChI=1S/C12H23NO3/c1-9(10-5-3-2-4-6-10)13-8-11(14)7-12(15)16/h9-11,13-14H,2-8H2,1H3,(H,15,16)/t9-,11?/m0/s1. The average molecular weight is 229 g/mol. The van der Waals surface area contributed by atoms with E-state index in [0.717, 1.165) is 0 Å². The van der Waals surface area contributed by atoms with Crippen LogP contribution in [0.4, 0.5) is 0 Å². The van der Waals surface area contributed by atoms with Crippen LogP contribution < -0.4 is 5.32 Å². The van der Waals surface area contributed by atoms with E-state index in [1.165, 1.54) is 32.1 Å². The SMILES string of the molecule is C[C@H](NCC(O)CC(=O)O)C1CCCCC1. The van der Waals surface area contributed by atoms with Gasteiger partial charge in [-0.15, -0.1) is 0 Å². The molecule has 2 atom stereocenters. The van der Waals surface area contributed by atoms with Gasteiger partial charge in [0.15, 0.2) is 0 Å². The highest BCUT2D eigenvalue weighted by Crippen LogP contribution is 2.26. The van der Waals surface area contributed by atoms with Gasteiger partial charge in [-0.2, -0.15) is 0 Å². The van der Waals surface area contributed by atoms with Crippen molar-refractivity contribution >= 4 is 5.97 Å². The van der Waals surface area contributed by atoms with Crippen LogP contribution in [-0.2, 0) is 4.79 Å². The Bertz CT molecular complexity index is 214. The topological polar surface area (TPSA) is 69.6 Å². The molecule has 16 heavy (non-hydrogen) atoms. The van der Waals surface area contributed by atoms with Gasteiger partial charge in [0, 0.05) is 12.6 Å². The van der Waals surface area contributed by atoms with Crippen molar-refractivity contribution in [3.05, 3.63) is 0 Å². The lowest BCUT2D eigenvalue weighted by molar-refractivity contribution is -0.139. The zero-order chi connectivity index (χ0) is 12.0. The molecule has 1 unspecified atom stereocenters. The Kier molecular flexibility index (Phi) is 5.77. The number of carboxylic acids is 1. The molecule has 1 aliphatic rings. The van der Waals surface area contributed by atoms with Gasteiger partial charge in [0.2, 0.25) is 0 Å². The summed E-state index contributed by atoms with van der Waals surface area (Å²) in [7, 11) is 0. The van der Waals surface area contributed by atoms with Crippen LogP contribution in [0.3, 0.4) is 0 Å². The minimum absolute atomic E-state index is 0.176. The lowest BCUT2D eigenvalue weighted by Gasteiger charge is -2.29. The minimum atomic E-state index is -0.945. The summed E-state index contributed by atoms with van der Waals surface area (Å²) < 4.78 is 0. The molecule has 1 rings (SSSR count). The molecular formula is C12H23NO3. The Hall–Kier alpha value is -0.610. The van der Waals surface area contributed by atoms with Gasteiger partial charge in [0.05, 0.1) is 12.5 Å². The second-order valence-electron chi connectivity index (χ2n) is 4.85. The number of aliphatic hydroxyl groups excluding tert-OH is 1. The predicted octanol–water partition coefficient (Wildman–Crippen LogP) is 1.38. The van der Waals surface area contributed by atoms with Crippen molar-refractivity contribution < 1.29 is 15.0 Å². The number of hydrogen-bond donors (Lipinski definition) is 3. The van der Waals surface area contributed by atoms with E-state index < -0.39 is 12.1 Å².